The van der Waals surface area contributed by atoms with Gasteiger partial charge < -0.3 is 15.4 Å². The van der Waals surface area contributed by atoms with Crippen LogP contribution in [0.15, 0.2) is 72.9 Å². The van der Waals surface area contributed by atoms with Crippen molar-refractivity contribution in [3.8, 4) is 5.75 Å². The lowest BCUT2D eigenvalue weighted by atomic mass is 10.2. The van der Waals surface area contributed by atoms with Gasteiger partial charge >= 0.3 is 0 Å². The molecule has 0 unspecified atom stereocenters. The average molecular weight is 347 g/mol. The third kappa shape index (κ3) is 4.24. The third-order valence-electron chi connectivity index (χ3n) is 3.61. The maximum atomic E-state index is 12.4. The zero-order valence-corrected chi connectivity index (χ0v) is 14.1. The van der Waals surface area contributed by atoms with Gasteiger partial charge in [0.1, 0.15) is 11.4 Å². The van der Waals surface area contributed by atoms with Crippen LogP contribution in [0.1, 0.15) is 20.8 Å². The first kappa shape index (κ1) is 17.2. The number of amides is 2. The molecule has 0 aliphatic carbocycles. The van der Waals surface area contributed by atoms with E-state index in [1.807, 2.05) is 0 Å². The van der Waals surface area contributed by atoms with E-state index in [2.05, 4.69) is 15.6 Å². The number of anilines is 2. The molecule has 6 nitrogen and oxygen atoms in total. The molecular weight excluding hydrogens is 330 g/mol. The molecule has 2 N–H and O–H groups in total. The number of rotatable bonds is 5. The van der Waals surface area contributed by atoms with Crippen LogP contribution in [0.4, 0.5) is 11.4 Å². The van der Waals surface area contributed by atoms with Crippen LogP contribution < -0.4 is 15.4 Å². The molecule has 3 rings (SSSR count). The first-order valence-electron chi connectivity index (χ1n) is 7.93. The van der Waals surface area contributed by atoms with Crippen LogP contribution in [0.5, 0.6) is 5.75 Å². The Balaban J connectivity index is 1.71. The highest BCUT2D eigenvalue weighted by molar-refractivity contribution is 6.06. The average Bonchev–Trinajstić information content (AvgIpc) is 2.69. The van der Waals surface area contributed by atoms with Gasteiger partial charge in [0, 0.05) is 23.1 Å². The monoisotopic (exact) mass is 347 g/mol. The number of carbonyl (C=O) groups excluding carboxylic acids is 2. The summed E-state index contributed by atoms with van der Waals surface area (Å²) >= 11 is 0. The van der Waals surface area contributed by atoms with Crippen molar-refractivity contribution in [1.82, 2.24) is 4.98 Å². The lowest BCUT2D eigenvalue weighted by Crippen LogP contribution is -2.14. The van der Waals surface area contributed by atoms with E-state index in [4.69, 9.17) is 4.74 Å². The van der Waals surface area contributed by atoms with Crippen molar-refractivity contribution in [2.45, 2.75) is 0 Å². The topological polar surface area (TPSA) is 80.3 Å². The number of aromatic nitrogens is 1. The first-order chi connectivity index (χ1) is 12.7. The second-order valence-electron chi connectivity index (χ2n) is 5.44. The number of nitrogens with one attached hydrogen (secondary N) is 2. The molecule has 3 aromatic rings. The molecule has 0 bridgehead atoms. The molecule has 26 heavy (non-hydrogen) atoms. The fourth-order valence-corrected chi connectivity index (χ4v) is 2.33. The van der Waals surface area contributed by atoms with Gasteiger partial charge in [-0.1, -0.05) is 18.2 Å². The second-order valence-corrected chi connectivity index (χ2v) is 5.44. The quantitative estimate of drug-likeness (QED) is 0.739. The van der Waals surface area contributed by atoms with Crippen molar-refractivity contribution in [2.75, 3.05) is 17.7 Å². The van der Waals surface area contributed by atoms with E-state index >= 15 is 0 Å². The van der Waals surface area contributed by atoms with Crippen LogP contribution >= 0.6 is 0 Å². The summed E-state index contributed by atoms with van der Waals surface area (Å²) in [6.45, 7) is 0. The summed E-state index contributed by atoms with van der Waals surface area (Å²) in [5.41, 5.74) is 1.92. The number of ether oxygens (including phenoxy) is 1. The lowest BCUT2D eigenvalue weighted by molar-refractivity contribution is 0.101. The number of pyridine rings is 1. The number of hydrogen-bond acceptors (Lipinski definition) is 4. The minimum atomic E-state index is -0.318. The van der Waals surface area contributed by atoms with E-state index in [1.54, 1.807) is 80.0 Å². The van der Waals surface area contributed by atoms with Gasteiger partial charge in [-0.2, -0.15) is 0 Å². The summed E-state index contributed by atoms with van der Waals surface area (Å²) in [4.78, 5) is 28.5. The zero-order valence-electron chi connectivity index (χ0n) is 14.1. The number of benzene rings is 2. The van der Waals surface area contributed by atoms with Gasteiger partial charge in [-0.15, -0.1) is 0 Å². The van der Waals surface area contributed by atoms with E-state index < -0.39 is 0 Å². The largest absolute Gasteiger partial charge is 0.497 e. The molecule has 0 atom stereocenters. The van der Waals surface area contributed by atoms with Crippen molar-refractivity contribution in [3.63, 3.8) is 0 Å². The summed E-state index contributed by atoms with van der Waals surface area (Å²) in [5, 5.41) is 5.56. The van der Waals surface area contributed by atoms with E-state index in [9.17, 15) is 9.59 Å². The van der Waals surface area contributed by atoms with Gasteiger partial charge in [0.15, 0.2) is 0 Å². The predicted octanol–water partition coefficient (Wildman–Crippen LogP) is 3.59. The van der Waals surface area contributed by atoms with Gasteiger partial charge in [0.05, 0.1) is 7.11 Å². The van der Waals surface area contributed by atoms with E-state index in [1.165, 1.54) is 0 Å². The molecule has 0 saturated heterocycles. The maximum absolute atomic E-state index is 12.4. The maximum Gasteiger partial charge on any atom is 0.274 e. The molecule has 0 aliphatic rings. The SMILES string of the molecule is COc1cccc(C(=O)Nc2cccc(NC(=O)c3ccccn3)c2)c1. The Hall–Kier alpha value is -3.67. The summed E-state index contributed by atoms with van der Waals surface area (Å²) < 4.78 is 5.13. The molecular formula is C20H17N3O3. The molecule has 0 fully saturated rings. The molecule has 0 aliphatic heterocycles. The van der Waals surface area contributed by atoms with Gasteiger partial charge in [-0.05, 0) is 48.5 Å². The molecule has 0 saturated carbocycles. The van der Waals surface area contributed by atoms with Crippen LogP contribution in [-0.2, 0) is 0 Å². The van der Waals surface area contributed by atoms with E-state index in [-0.39, 0.29) is 11.8 Å². The van der Waals surface area contributed by atoms with Crippen molar-refractivity contribution in [3.05, 3.63) is 84.2 Å². The second kappa shape index (κ2) is 7.94. The van der Waals surface area contributed by atoms with Crippen molar-refractivity contribution < 1.29 is 14.3 Å². The Labute approximate surface area is 150 Å². The summed E-state index contributed by atoms with van der Waals surface area (Å²) in [6.07, 6.45) is 1.56. The Morgan fingerprint density at radius 1 is 0.846 bits per heavy atom. The summed E-state index contributed by atoms with van der Waals surface area (Å²) in [5.74, 6) is 0.0213. The smallest absolute Gasteiger partial charge is 0.274 e. The molecule has 130 valence electrons. The lowest BCUT2D eigenvalue weighted by Gasteiger charge is -2.09. The van der Waals surface area contributed by atoms with Crippen LogP contribution in [0, 0.1) is 0 Å². The number of hydrogen-bond donors (Lipinski definition) is 2. The third-order valence-corrected chi connectivity index (χ3v) is 3.61. The molecule has 2 amide bonds. The molecule has 2 aromatic carbocycles. The normalized spacial score (nSPS) is 10.0. The fraction of sp³-hybridized carbons (Fsp3) is 0.0500. The number of carbonyl (C=O) groups is 2. The number of methoxy groups -OCH3 is 1. The predicted molar refractivity (Wildman–Crippen MR) is 99.6 cm³/mol. The highest BCUT2D eigenvalue weighted by Gasteiger charge is 2.09. The van der Waals surface area contributed by atoms with E-state index in [0.717, 1.165) is 0 Å². The Morgan fingerprint density at radius 3 is 2.27 bits per heavy atom. The minimum Gasteiger partial charge on any atom is -0.497 e. The van der Waals surface area contributed by atoms with Crippen LogP contribution in [0.3, 0.4) is 0 Å². The molecule has 0 spiro atoms. The highest BCUT2D eigenvalue weighted by atomic mass is 16.5. The number of nitrogens with zero attached hydrogens (tertiary/aromatic N) is 1. The molecule has 1 aromatic heterocycles. The molecule has 0 radical (unpaired) electrons. The van der Waals surface area contributed by atoms with Crippen molar-refractivity contribution >= 4 is 23.2 Å². The summed E-state index contributed by atoms with van der Waals surface area (Å²) in [7, 11) is 1.55. The fourth-order valence-electron chi connectivity index (χ4n) is 2.33. The highest BCUT2D eigenvalue weighted by Crippen LogP contribution is 2.18. The Morgan fingerprint density at radius 2 is 1.58 bits per heavy atom. The van der Waals surface area contributed by atoms with Gasteiger partial charge in [-0.3, -0.25) is 14.6 Å². The standard InChI is InChI=1S/C20H17N3O3/c1-26-17-9-4-6-14(12-17)19(24)22-15-7-5-8-16(13-15)23-20(25)18-10-2-3-11-21-18/h2-13H,1H3,(H,22,24)(H,23,25). The van der Waals surface area contributed by atoms with Gasteiger partial charge in [0.25, 0.3) is 11.8 Å². The van der Waals surface area contributed by atoms with Crippen LogP contribution in [0.25, 0.3) is 0 Å². The van der Waals surface area contributed by atoms with Gasteiger partial charge in [0.2, 0.25) is 0 Å². The van der Waals surface area contributed by atoms with E-state index in [0.29, 0.717) is 28.4 Å². The molecule has 1 heterocycles. The van der Waals surface area contributed by atoms with Crippen LogP contribution in [-0.4, -0.2) is 23.9 Å². The minimum absolute atomic E-state index is 0.267. The van der Waals surface area contributed by atoms with Crippen molar-refractivity contribution in [2.24, 2.45) is 0 Å². The Bertz CT molecular complexity index is 926. The first-order valence-corrected chi connectivity index (χ1v) is 7.93. The summed E-state index contributed by atoms with van der Waals surface area (Å²) in [6, 6.07) is 18.9. The van der Waals surface area contributed by atoms with Crippen molar-refractivity contribution in [1.29, 1.82) is 0 Å². The molecule has 6 heteroatoms. The van der Waals surface area contributed by atoms with Gasteiger partial charge in [-0.25, -0.2) is 0 Å². The van der Waals surface area contributed by atoms with Crippen LogP contribution in [0.2, 0.25) is 0 Å². The Kier molecular flexibility index (Phi) is 5.24. The zero-order chi connectivity index (χ0) is 18.4.